The molecule has 0 spiro atoms. The van der Waals surface area contributed by atoms with E-state index in [1.165, 1.54) is 30.9 Å². The average Bonchev–Trinajstić information content (AvgIpc) is 2.64. The molecule has 142 valence electrons. The molecule has 0 heterocycles. The quantitative estimate of drug-likeness (QED) is 0.455. The second-order valence-corrected chi connectivity index (χ2v) is 9.41. The Bertz CT molecular complexity index is 461. The molecule has 0 saturated heterocycles. The minimum absolute atomic E-state index is 0.685. The van der Waals surface area contributed by atoms with Crippen molar-refractivity contribution in [3.63, 3.8) is 0 Å². The van der Waals surface area contributed by atoms with E-state index >= 15 is 0 Å². The van der Waals surface area contributed by atoms with Gasteiger partial charge in [-0.15, -0.1) is 0 Å². The zero-order valence-electron chi connectivity index (χ0n) is 16.7. The summed E-state index contributed by atoms with van der Waals surface area (Å²) < 4.78 is 12.7. The molecule has 0 unspecified atom stereocenters. The molecule has 0 fully saturated rings. The Labute approximate surface area is 156 Å². The molecule has 25 heavy (non-hydrogen) atoms. The summed E-state index contributed by atoms with van der Waals surface area (Å²) >= 11 is 0. The Morgan fingerprint density at radius 3 is 1.84 bits per heavy atom. The Morgan fingerprint density at radius 2 is 1.44 bits per heavy atom. The van der Waals surface area contributed by atoms with Gasteiger partial charge in [0, 0.05) is 19.4 Å². The minimum atomic E-state index is -2.48. The van der Waals surface area contributed by atoms with Crippen molar-refractivity contribution in [1.82, 2.24) is 4.90 Å². The van der Waals surface area contributed by atoms with Crippen LogP contribution in [0.1, 0.15) is 58.9 Å². The van der Waals surface area contributed by atoms with Crippen molar-refractivity contribution >= 4 is 19.8 Å². The minimum Gasteiger partial charge on any atom is -0.391 e. The van der Waals surface area contributed by atoms with Crippen molar-refractivity contribution in [2.45, 2.75) is 53.4 Å². The van der Waals surface area contributed by atoms with E-state index in [1.54, 1.807) is 0 Å². The first-order valence-electron chi connectivity index (χ1n) is 9.88. The number of unbranched alkanes of at least 4 members (excludes halogenated alkanes) is 2. The third-order valence-corrected chi connectivity index (χ3v) is 8.02. The fourth-order valence-corrected chi connectivity index (χ4v) is 6.35. The fourth-order valence-electron chi connectivity index (χ4n) is 3.06. The average molecular weight is 364 g/mol. The zero-order valence-corrected chi connectivity index (χ0v) is 17.7. The first kappa shape index (κ1) is 22.1. The maximum absolute atomic E-state index is 6.37. The monoisotopic (exact) mass is 363 g/mol. The molecule has 1 rings (SSSR count). The van der Waals surface area contributed by atoms with Crippen LogP contribution in [0.5, 0.6) is 0 Å². The van der Waals surface area contributed by atoms with Gasteiger partial charge in [0.1, 0.15) is 0 Å². The molecule has 0 aliphatic carbocycles. The van der Waals surface area contributed by atoms with Gasteiger partial charge in [0.05, 0.1) is 0 Å². The number of rotatable bonds is 14. The van der Waals surface area contributed by atoms with Crippen molar-refractivity contribution in [3.8, 4) is 0 Å². The highest BCUT2D eigenvalue weighted by atomic mass is 28.4. The van der Waals surface area contributed by atoms with Crippen LogP contribution in [0, 0.1) is 0 Å². The summed E-state index contributed by atoms with van der Waals surface area (Å²) in [6.07, 6.45) is 7.66. The molecule has 4 heteroatoms. The lowest BCUT2D eigenvalue weighted by atomic mass is 10.2. The largest absolute Gasteiger partial charge is 0.391 e. The van der Waals surface area contributed by atoms with Gasteiger partial charge in [-0.3, -0.25) is 0 Å². The van der Waals surface area contributed by atoms with Gasteiger partial charge in [0.15, 0.2) is 0 Å². The first-order chi connectivity index (χ1) is 12.2. The maximum atomic E-state index is 6.37. The highest BCUT2D eigenvalue weighted by molar-refractivity contribution is 6.81. The third-order valence-electron chi connectivity index (χ3n) is 4.43. The van der Waals surface area contributed by atoms with Gasteiger partial charge in [0.2, 0.25) is 0 Å². The summed E-state index contributed by atoms with van der Waals surface area (Å²) in [6.45, 7) is 16.1. The molecule has 3 nitrogen and oxygen atoms in total. The van der Waals surface area contributed by atoms with E-state index < -0.39 is 8.56 Å². The molecule has 0 saturated carbocycles. The van der Waals surface area contributed by atoms with Crippen LogP contribution in [0.25, 0.3) is 6.08 Å². The lowest BCUT2D eigenvalue weighted by Crippen LogP contribution is -2.61. The number of benzene rings is 1. The van der Waals surface area contributed by atoms with Gasteiger partial charge in [-0.25, -0.2) is 0 Å². The van der Waals surface area contributed by atoms with E-state index in [2.05, 4.69) is 63.4 Å². The molecule has 1 aromatic carbocycles. The summed E-state index contributed by atoms with van der Waals surface area (Å²) in [5, 5.41) is 1.22. The summed E-state index contributed by atoms with van der Waals surface area (Å²) in [4.78, 5) is 2.56. The SMILES string of the molecule is C=Cc1ccc([Si](CN(CCCC)CCCC)(OCC)OCC)cc1. The Balaban J connectivity index is 3.10. The van der Waals surface area contributed by atoms with Crippen molar-refractivity contribution in [2.75, 3.05) is 32.5 Å². The van der Waals surface area contributed by atoms with Crippen LogP contribution in [0.15, 0.2) is 30.8 Å². The summed E-state index contributed by atoms with van der Waals surface area (Å²) in [5.41, 5.74) is 1.13. The molecule has 0 aliphatic rings. The highest BCUT2D eigenvalue weighted by Crippen LogP contribution is 2.14. The second kappa shape index (κ2) is 12.4. The summed E-state index contributed by atoms with van der Waals surface area (Å²) in [6, 6.07) is 8.58. The third kappa shape index (κ3) is 7.06. The van der Waals surface area contributed by atoms with Gasteiger partial charge in [-0.1, -0.05) is 63.6 Å². The lowest BCUT2D eigenvalue weighted by Gasteiger charge is -2.35. The van der Waals surface area contributed by atoms with Crippen LogP contribution in [0.2, 0.25) is 0 Å². The number of hydrogen-bond donors (Lipinski definition) is 0. The van der Waals surface area contributed by atoms with Crippen molar-refractivity contribution in [3.05, 3.63) is 36.4 Å². The molecule has 0 bridgehead atoms. The molecule has 0 aromatic heterocycles. The number of nitrogens with zero attached hydrogens (tertiary/aromatic N) is 1. The van der Waals surface area contributed by atoms with Crippen LogP contribution in [-0.2, 0) is 8.85 Å². The fraction of sp³-hybridized carbons (Fsp3) is 0.619. The molecule has 1 aromatic rings. The van der Waals surface area contributed by atoms with Gasteiger partial charge in [-0.05, 0) is 50.5 Å². The molecule has 0 aliphatic heterocycles. The molecule has 0 radical (unpaired) electrons. The standard InChI is InChI=1S/C21H37NO2Si/c1-6-11-17-22(18-12-7-2)19-25(23-9-4,24-10-5)21-15-13-20(8-3)14-16-21/h8,13-16H,3,6-7,9-12,17-19H2,1-2,4-5H3. The lowest BCUT2D eigenvalue weighted by molar-refractivity contribution is 0.169. The van der Waals surface area contributed by atoms with Gasteiger partial charge in [0.25, 0.3) is 0 Å². The molecular weight excluding hydrogens is 326 g/mol. The van der Waals surface area contributed by atoms with Crippen molar-refractivity contribution in [1.29, 1.82) is 0 Å². The molecule has 0 atom stereocenters. The van der Waals surface area contributed by atoms with Crippen LogP contribution in [0.3, 0.4) is 0 Å². The Hall–Kier alpha value is -0.943. The van der Waals surface area contributed by atoms with Crippen LogP contribution >= 0.6 is 0 Å². The van der Waals surface area contributed by atoms with Crippen molar-refractivity contribution < 1.29 is 8.85 Å². The molecule has 0 N–H and O–H groups in total. The van der Waals surface area contributed by atoms with Crippen molar-refractivity contribution in [2.24, 2.45) is 0 Å². The van der Waals surface area contributed by atoms with E-state index in [1.807, 2.05) is 6.08 Å². The smallest absolute Gasteiger partial charge is 0.387 e. The van der Waals surface area contributed by atoms with Crippen LogP contribution < -0.4 is 5.19 Å². The Morgan fingerprint density at radius 1 is 0.920 bits per heavy atom. The highest BCUT2D eigenvalue weighted by Gasteiger charge is 2.41. The maximum Gasteiger partial charge on any atom is 0.387 e. The van der Waals surface area contributed by atoms with Crippen LogP contribution in [0.4, 0.5) is 0 Å². The normalized spacial score (nSPS) is 11.9. The summed E-state index contributed by atoms with van der Waals surface area (Å²) in [5.74, 6) is 0. The van der Waals surface area contributed by atoms with Crippen LogP contribution in [-0.4, -0.2) is 45.9 Å². The van der Waals surface area contributed by atoms with E-state index in [-0.39, 0.29) is 0 Å². The summed E-state index contributed by atoms with van der Waals surface area (Å²) in [7, 11) is -2.48. The van der Waals surface area contributed by atoms with Gasteiger partial charge in [-0.2, -0.15) is 0 Å². The predicted octanol–water partition coefficient (Wildman–Crippen LogP) is 4.49. The van der Waals surface area contributed by atoms with E-state index in [0.29, 0.717) is 13.2 Å². The zero-order chi connectivity index (χ0) is 18.5. The molecular formula is C21H37NO2Si. The Kier molecular flexibility index (Phi) is 11.0. The first-order valence-corrected chi connectivity index (χ1v) is 11.9. The van der Waals surface area contributed by atoms with Gasteiger partial charge >= 0.3 is 8.56 Å². The predicted molar refractivity (Wildman–Crippen MR) is 111 cm³/mol. The second-order valence-electron chi connectivity index (χ2n) is 6.43. The molecule has 0 amide bonds. The van der Waals surface area contributed by atoms with E-state index in [9.17, 15) is 0 Å². The van der Waals surface area contributed by atoms with E-state index in [0.717, 1.165) is 24.8 Å². The van der Waals surface area contributed by atoms with E-state index in [4.69, 9.17) is 8.85 Å². The topological polar surface area (TPSA) is 21.7 Å². The number of hydrogen-bond acceptors (Lipinski definition) is 3. The van der Waals surface area contributed by atoms with Gasteiger partial charge < -0.3 is 13.8 Å².